The number of hydrogen-bond acceptors (Lipinski definition) is 2. The van der Waals surface area contributed by atoms with Gasteiger partial charge in [-0.15, -0.1) is 0 Å². The molecule has 17 heavy (non-hydrogen) atoms. The molecule has 1 atom stereocenters. The van der Waals surface area contributed by atoms with Crippen LogP contribution in [-0.4, -0.2) is 9.78 Å². The fourth-order valence-corrected chi connectivity index (χ4v) is 1.79. The summed E-state index contributed by atoms with van der Waals surface area (Å²) >= 11 is 0. The van der Waals surface area contributed by atoms with Gasteiger partial charge in [-0.2, -0.15) is 5.10 Å². The predicted molar refractivity (Wildman–Crippen MR) is 60.2 cm³/mol. The van der Waals surface area contributed by atoms with Crippen molar-refractivity contribution in [2.24, 2.45) is 12.8 Å². The fraction of sp³-hybridized carbons (Fsp3) is 0.250. The number of rotatable bonds is 3. The van der Waals surface area contributed by atoms with Crippen molar-refractivity contribution in [3.63, 3.8) is 0 Å². The summed E-state index contributed by atoms with van der Waals surface area (Å²) in [7, 11) is 1.76. The van der Waals surface area contributed by atoms with Gasteiger partial charge < -0.3 is 5.73 Å². The molecule has 0 bridgehead atoms. The number of aromatic nitrogens is 2. The van der Waals surface area contributed by atoms with Crippen LogP contribution in [0.4, 0.5) is 8.78 Å². The van der Waals surface area contributed by atoms with Gasteiger partial charge in [-0.05, 0) is 36.2 Å². The summed E-state index contributed by atoms with van der Waals surface area (Å²) in [6.45, 7) is 0. The second-order valence-corrected chi connectivity index (χ2v) is 3.93. The summed E-state index contributed by atoms with van der Waals surface area (Å²) in [5.41, 5.74) is 7.00. The molecule has 0 radical (unpaired) electrons. The van der Waals surface area contributed by atoms with Crippen LogP contribution in [0.5, 0.6) is 0 Å². The van der Waals surface area contributed by atoms with Gasteiger partial charge in [-0.3, -0.25) is 4.68 Å². The Kier molecular flexibility index (Phi) is 3.19. The minimum Gasteiger partial charge on any atom is -0.322 e. The van der Waals surface area contributed by atoms with E-state index in [4.69, 9.17) is 5.73 Å². The zero-order valence-corrected chi connectivity index (χ0v) is 9.40. The number of nitrogens with two attached hydrogens (primary N) is 1. The largest absolute Gasteiger partial charge is 0.322 e. The molecule has 0 aliphatic carbocycles. The highest BCUT2D eigenvalue weighted by atomic mass is 19.1. The molecule has 0 aliphatic rings. The third-order valence-electron chi connectivity index (χ3n) is 2.69. The van der Waals surface area contributed by atoms with Crippen LogP contribution in [0.2, 0.25) is 0 Å². The minimum absolute atomic E-state index is 0.239. The van der Waals surface area contributed by atoms with Crippen molar-refractivity contribution in [2.45, 2.75) is 12.5 Å². The average molecular weight is 237 g/mol. The molecule has 0 fully saturated rings. The molecule has 0 spiro atoms. The third kappa shape index (κ3) is 2.50. The Morgan fingerprint density at radius 2 is 2.12 bits per heavy atom. The zero-order chi connectivity index (χ0) is 12.4. The van der Waals surface area contributed by atoms with Crippen LogP contribution < -0.4 is 5.73 Å². The summed E-state index contributed by atoms with van der Waals surface area (Å²) < 4.78 is 28.0. The van der Waals surface area contributed by atoms with E-state index in [1.807, 2.05) is 0 Å². The lowest BCUT2D eigenvalue weighted by atomic mass is 10.0. The summed E-state index contributed by atoms with van der Waals surface area (Å²) in [6.07, 6.45) is 1.86. The highest BCUT2D eigenvalue weighted by Gasteiger charge is 2.13. The SMILES string of the molecule is Cn1nccc1C(N)Cc1cc(F)ccc1F. The minimum atomic E-state index is -0.460. The summed E-state index contributed by atoms with van der Waals surface area (Å²) in [4.78, 5) is 0. The Morgan fingerprint density at radius 1 is 1.35 bits per heavy atom. The summed E-state index contributed by atoms with van der Waals surface area (Å²) in [5.74, 6) is -0.900. The number of halogens is 2. The van der Waals surface area contributed by atoms with Crippen LogP contribution in [-0.2, 0) is 13.5 Å². The van der Waals surface area contributed by atoms with Gasteiger partial charge in [-0.1, -0.05) is 0 Å². The van der Waals surface area contributed by atoms with E-state index in [2.05, 4.69) is 5.10 Å². The molecule has 1 aromatic carbocycles. The standard InChI is InChI=1S/C12H13F2N3/c1-17-12(4-5-16-17)11(15)7-8-6-9(13)2-3-10(8)14/h2-6,11H,7,15H2,1H3. The van der Waals surface area contributed by atoms with Crippen molar-refractivity contribution in [3.05, 3.63) is 53.4 Å². The number of hydrogen-bond donors (Lipinski definition) is 1. The molecule has 5 heteroatoms. The predicted octanol–water partition coefficient (Wildman–Crippen LogP) is 1.94. The van der Waals surface area contributed by atoms with Crippen molar-refractivity contribution in [1.82, 2.24) is 9.78 Å². The lowest BCUT2D eigenvalue weighted by Crippen LogP contribution is -2.17. The second kappa shape index (κ2) is 4.63. The van der Waals surface area contributed by atoms with E-state index in [9.17, 15) is 8.78 Å². The average Bonchev–Trinajstić information content (AvgIpc) is 2.70. The quantitative estimate of drug-likeness (QED) is 0.886. The highest BCUT2D eigenvalue weighted by Crippen LogP contribution is 2.18. The fourth-order valence-electron chi connectivity index (χ4n) is 1.79. The van der Waals surface area contributed by atoms with Crippen molar-refractivity contribution < 1.29 is 8.78 Å². The molecule has 1 unspecified atom stereocenters. The molecule has 1 aromatic heterocycles. The van der Waals surface area contributed by atoms with Crippen LogP contribution in [0.15, 0.2) is 30.5 Å². The van der Waals surface area contributed by atoms with Gasteiger partial charge in [0.1, 0.15) is 11.6 Å². The monoisotopic (exact) mass is 237 g/mol. The Labute approximate surface area is 97.9 Å². The normalized spacial score (nSPS) is 12.7. The van der Waals surface area contributed by atoms with Crippen LogP contribution in [0, 0.1) is 11.6 Å². The van der Waals surface area contributed by atoms with E-state index in [1.165, 1.54) is 6.07 Å². The number of aryl methyl sites for hydroxylation is 1. The smallest absolute Gasteiger partial charge is 0.126 e. The first kappa shape index (κ1) is 11.7. The molecule has 0 saturated heterocycles. The first-order chi connectivity index (χ1) is 8.08. The van der Waals surface area contributed by atoms with Gasteiger partial charge in [0.25, 0.3) is 0 Å². The van der Waals surface area contributed by atoms with Gasteiger partial charge in [0, 0.05) is 13.2 Å². The van der Waals surface area contributed by atoms with Gasteiger partial charge in [-0.25, -0.2) is 8.78 Å². The van der Waals surface area contributed by atoms with E-state index < -0.39 is 17.7 Å². The first-order valence-corrected chi connectivity index (χ1v) is 5.25. The number of benzene rings is 1. The van der Waals surface area contributed by atoms with Gasteiger partial charge in [0.2, 0.25) is 0 Å². The Bertz CT molecular complexity index is 522. The van der Waals surface area contributed by atoms with E-state index in [0.717, 1.165) is 17.8 Å². The Hall–Kier alpha value is -1.75. The summed E-state index contributed by atoms with van der Waals surface area (Å²) in [5, 5.41) is 3.99. The molecule has 0 saturated carbocycles. The van der Waals surface area contributed by atoms with Crippen LogP contribution in [0.1, 0.15) is 17.3 Å². The van der Waals surface area contributed by atoms with Crippen LogP contribution >= 0.6 is 0 Å². The van der Waals surface area contributed by atoms with E-state index in [-0.39, 0.29) is 12.0 Å². The van der Waals surface area contributed by atoms with Gasteiger partial charge in [0.15, 0.2) is 0 Å². The van der Waals surface area contributed by atoms with Crippen molar-refractivity contribution in [3.8, 4) is 0 Å². The molecule has 2 N–H and O–H groups in total. The maximum absolute atomic E-state index is 13.4. The molecule has 0 amide bonds. The molecular formula is C12H13F2N3. The molecule has 0 aliphatic heterocycles. The lowest BCUT2D eigenvalue weighted by Gasteiger charge is -2.12. The molecular weight excluding hydrogens is 224 g/mol. The first-order valence-electron chi connectivity index (χ1n) is 5.25. The molecule has 3 nitrogen and oxygen atoms in total. The van der Waals surface area contributed by atoms with E-state index >= 15 is 0 Å². The van der Waals surface area contributed by atoms with Crippen LogP contribution in [0.3, 0.4) is 0 Å². The van der Waals surface area contributed by atoms with Crippen molar-refractivity contribution >= 4 is 0 Å². The Balaban J connectivity index is 2.21. The van der Waals surface area contributed by atoms with Crippen molar-refractivity contribution in [1.29, 1.82) is 0 Å². The lowest BCUT2D eigenvalue weighted by molar-refractivity contribution is 0.560. The molecule has 90 valence electrons. The molecule has 2 aromatic rings. The second-order valence-electron chi connectivity index (χ2n) is 3.93. The topological polar surface area (TPSA) is 43.8 Å². The molecule has 2 rings (SSSR count). The van der Waals surface area contributed by atoms with Crippen LogP contribution in [0.25, 0.3) is 0 Å². The van der Waals surface area contributed by atoms with Gasteiger partial charge >= 0.3 is 0 Å². The maximum atomic E-state index is 13.4. The number of nitrogens with zero attached hydrogens (tertiary/aromatic N) is 2. The van der Waals surface area contributed by atoms with E-state index in [0.29, 0.717) is 0 Å². The highest BCUT2D eigenvalue weighted by molar-refractivity contribution is 5.21. The Morgan fingerprint density at radius 3 is 2.76 bits per heavy atom. The van der Waals surface area contributed by atoms with E-state index in [1.54, 1.807) is 24.0 Å². The summed E-state index contributed by atoms with van der Waals surface area (Å²) in [6, 6.07) is 4.74. The maximum Gasteiger partial charge on any atom is 0.126 e. The third-order valence-corrected chi connectivity index (χ3v) is 2.69. The van der Waals surface area contributed by atoms with Gasteiger partial charge in [0.05, 0.1) is 11.7 Å². The zero-order valence-electron chi connectivity index (χ0n) is 9.40. The molecule has 1 heterocycles. The van der Waals surface area contributed by atoms with Crippen molar-refractivity contribution in [2.75, 3.05) is 0 Å².